The Morgan fingerprint density at radius 1 is 1.11 bits per heavy atom. The van der Waals surface area contributed by atoms with Crippen molar-refractivity contribution >= 4 is 22.7 Å². The second kappa shape index (κ2) is 6.09. The van der Waals surface area contributed by atoms with Crippen molar-refractivity contribution in [3.8, 4) is 0 Å². The molecule has 4 nitrogen and oxygen atoms in total. The number of pyridine rings is 1. The van der Waals surface area contributed by atoms with E-state index in [2.05, 4.69) is 45.6 Å². The molecule has 2 N–H and O–H groups in total. The van der Waals surface area contributed by atoms with E-state index in [1.54, 1.807) is 0 Å². The molecule has 0 saturated heterocycles. The fraction of sp³-hybridized carbons (Fsp3) is 0.267. The summed E-state index contributed by atoms with van der Waals surface area (Å²) < 4.78 is 0. The molecule has 0 spiro atoms. The lowest BCUT2D eigenvalue weighted by molar-refractivity contribution is 1.13. The highest BCUT2D eigenvalue weighted by Crippen LogP contribution is 2.27. The fourth-order valence-corrected chi connectivity index (χ4v) is 1.93. The lowest BCUT2D eigenvalue weighted by Gasteiger charge is -2.18. The Hall–Kier alpha value is -2.23. The molecule has 1 heterocycles. The van der Waals surface area contributed by atoms with Crippen LogP contribution in [0.25, 0.3) is 0 Å². The van der Waals surface area contributed by atoms with Crippen molar-refractivity contribution in [1.29, 1.82) is 0 Å². The van der Waals surface area contributed by atoms with Crippen molar-refractivity contribution in [2.45, 2.75) is 6.92 Å². The van der Waals surface area contributed by atoms with Gasteiger partial charge in [-0.3, -0.25) is 4.98 Å². The van der Waals surface area contributed by atoms with Gasteiger partial charge in [-0.05, 0) is 25.1 Å². The van der Waals surface area contributed by atoms with Crippen molar-refractivity contribution in [1.82, 2.24) is 4.98 Å². The van der Waals surface area contributed by atoms with Gasteiger partial charge in [-0.15, -0.1) is 0 Å². The van der Waals surface area contributed by atoms with E-state index in [0.717, 1.165) is 29.3 Å². The first kappa shape index (κ1) is 13.2. The van der Waals surface area contributed by atoms with Crippen LogP contribution in [0.1, 0.15) is 6.92 Å². The molecule has 0 unspecified atom stereocenters. The maximum absolute atomic E-state index is 4.24. The molecule has 100 valence electrons. The van der Waals surface area contributed by atoms with Crippen molar-refractivity contribution in [3.05, 3.63) is 42.7 Å². The molecule has 0 atom stereocenters. The van der Waals surface area contributed by atoms with Gasteiger partial charge in [0.25, 0.3) is 0 Å². The summed E-state index contributed by atoms with van der Waals surface area (Å²) >= 11 is 0. The molecule has 1 aromatic carbocycles. The van der Waals surface area contributed by atoms with E-state index in [9.17, 15) is 0 Å². The molecule has 0 fully saturated rings. The average Bonchev–Trinajstić information content (AvgIpc) is 2.40. The first-order valence-electron chi connectivity index (χ1n) is 6.43. The number of nitrogens with zero attached hydrogens (tertiary/aromatic N) is 2. The molecule has 2 aromatic rings. The zero-order valence-electron chi connectivity index (χ0n) is 11.6. The van der Waals surface area contributed by atoms with Crippen molar-refractivity contribution in [3.63, 3.8) is 0 Å². The minimum atomic E-state index is 0.888. The summed E-state index contributed by atoms with van der Waals surface area (Å²) in [5.41, 5.74) is 4.22. The number of benzene rings is 1. The molecule has 0 amide bonds. The topological polar surface area (TPSA) is 40.2 Å². The third-order valence-corrected chi connectivity index (χ3v) is 2.78. The maximum atomic E-state index is 4.24. The van der Waals surface area contributed by atoms with Crippen molar-refractivity contribution in [2.24, 2.45) is 0 Å². The van der Waals surface area contributed by atoms with Crippen LogP contribution in [0.5, 0.6) is 0 Å². The van der Waals surface area contributed by atoms with Crippen LogP contribution in [0.3, 0.4) is 0 Å². The smallest absolute Gasteiger partial charge is 0.0622 e. The van der Waals surface area contributed by atoms with Crippen molar-refractivity contribution in [2.75, 3.05) is 36.2 Å². The minimum absolute atomic E-state index is 0.888. The van der Waals surface area contributed by atoms with Crippen LogP contribution in [0.4, 0.5) is 22.7 Å². The van der Waals surface area contributed by atoms with Gasteiger partial charge in [0.1, 0.15) is 0 Å². The molecule has 19 heavy (non-hydrogen) atoms. The van der Waals surface area contributed by atoms with Gasteiger partial charge in [0.05, 0.1) is 35.1 Å². The van der Waals surface area contributed by atoms with Crippen LogP contribution in [0.15, 0.2) is 42.7 Å². The molecule has 0 aliphatic heterocycles. The van der Waals surface area contributed by atoms with Gasteiger partial charge in [-0.1, -0.05) is 12.1 Å². The summed E-state index contributed by atoms with van der Waals surface area (Å²) in [7, 11) is 4.07. The van der Waals surface area contributed by atoms with E-state index in [1.165, 1.54) is 0 Å². The van der Waals surface area contributed by atoms with Crippen LogP contribution < -0.4 is 15.5 Å². The number of rotatable bonds is 5. The third kappa shape index (κ3) is 3.37. The Morgan fingerprint density at radius 2 is 1.84 bits per heavy atom. The summed E-state index contributed by atoms with van der Waals surface area (Å²) in [4.78, 5) is 6.32. The third-order valence-electron chi connectivity index (χ3n) is 2.78. The minimum Gasteiger partial charge on any atom is -0.384 e. The van der Waals surface area contributed by atoms with Gasteiger partial charge in [-0.25, -0.2) is 0 Å². The Kier molecular flexibility index (Phi) is 4.23. The normalized spacial score (nSPS) is 10.1. The van der Waals surface area contributed by atoms with Crippen LogP contribution >= 0.6 is 0 Å². The highest BCUT2D eigenvalue weighted by Gasteiger charge is 2.04. The SMILES string of the molecule is CCNc1cncc(Nc2ccccc2N(C)C)c1. The van der Waals surface area contributed by atoms with E-state index in [0.29, 0.717) is 0 Å². The quantitative estimate of drug-likeness (QED) is 0.861. The summed E-state index contributed by atoms with van der Waals surface area (Å²) in [6.07, 6.45) is 3.65. The Labute approximate surface area is 114 Å². The molecule has 1 aromatic heterocycles. The Bertz CT molecular complexity index is 537. The second-order valence-electron chi connectivity index (χ2n) is 4.53. The first-order chi connectivity index (χ1) is 9.20. The van der Waals surface area contributed by atoms with E-state index < -0.39 is 0 Å². The van der Waals surface area contributed by atoms with E-state index >= 15 is 0 Å². The highest BCUT2D eigenvalue weighted by atomic mass is 15.1. The predicted octanol–water partition coefficient (Wildman–Crippen LogP) is 3.32. The lowest BCUT2D eigenvalue weighted by atomic mass is 10.2. The monoisotopic (exact) mass is 256 g/mol. The number of para-hydroxylation sites is 2. The van der Waals surface area contributed by atoms with Crippen LogP contribution in [-0.2, 0) is 0 Å². The van der Waals surface area contributed by atoms with Gasteiger partial charge in [-0.2, -0.15) is 0 Å². The predicted molar refractivity (Wildman–Crippen MR) is 82.5 cm³/mol. The molecule has 2 rings (SSSR count). The van der Waals surface area contributed by atoms with Gasteiger partial charge in [0.15, 0.2) is 0 Å². The largest absolute Gasteiger partial charge is 0.384 e. The van der Waals surface area contributed by atoms with Gasteiger partial charge < -0.3 is 15.5 Å². The second-order valence-corrected chi connectivity index (χ2v) is 4.53. The van der Waals surface area contributed by atoms with Crippen LogP contribution in [-0.4, -0.2) is 25.6 Å². The van der Waals surface area contributed by atoms with E-state index in [-0.39, 0.29) is 0 Å². The van der Waals surface area contributed by atoms with Gasteiger partial charge in [0.2, 0.25) is 0 Å². The summed E-state index contributed by atoms with van der Waals surface area (Å²) in [6, 6.07) is 10.3. The standard InChI is InChI=1S/C15H20N4/c1-4-17-12-9-13(11-16-10-12)18-14-7-5-6-8-15(14)19(2)3/h5-11,17-18H,4H2,1-3H3. The zero-order chi connectivity index (χ0) is 13.7. The zero-order valence-corrected chi connectivity index (χ0v) is 11.6. The molecule has 0 aliphatic rings. The van der Waals surface area contributed by atoms with Gasteiger partial charge >= 0.3 is 0 Å². The molecule has 0 bridgehead atoms. The average molecular weight is 256 g/mol. The molecule has 0 aliphatic carbocycles. The maximum Gasteiger partial charge on any atom is 0.0622 e. The van der Waals surface area contributed by atoms with Crippen LogP contribution in [0.2, 0.25) is 0 Å². The molecule has 4 heteroatoms. The summed E-state index contributed by atoms with van der Waals surface area (Å²) in [5.74, 6) is 0. The number of hydrogen-bond donors (Lipinski definition) is 2. The van der Waals surface area contributed by atoms with Crippen LogP contribution in [0, 0.1) is 0 Å². The van der Waals surface area contributed by atoms with Crippen molar-refractivity contribution < 1.29 is 0 Å². The van der Waals surface area contributed by atoms with E-state index in [4.69, 9.17) is 0 Å². The molecular weight excluding hydrogens is 236 g/mol. The number of aromatic nitrogens is 1. The summed E-state index contributed by atoms with van der Waals surface area (Å²) in [5, 5.41) is 6.67. The fourth-order valence-electron chi connectivity index (χ4n) is 1.93. The Morgan fingerprint density at radius 3 is 2.58 bits per heavy atom. The lowest BCUT2D eigenvalue weighted by Crippen LogP contribution is -2.10. The van der Waals surface area contributed by atoms with Gasteiger partial charge in [0, 0.05) is 20.6 Å². The number of nitrogens with one attached hydrogen (secondary N) is 2. The molecule has 0 radical (unpaired) electrons. The summed E-state index contributed by atoms with van der Waals surface area (Å²) in [6.45, 7) is 2.96. The first-order valence-corrected chi connectivity index (χ1v) is 6.43. The molecular formula is C15H20N4. The highest BCUT2D eigenvalue weighted by molar-refractivity contribution is 5.75. The van der Waals surface area contributed by atoms with E-state index in [1.807, 2.05) is 38.6 Å². The molecule has 0 saturated carbocycles. The number of anilines is 4. The number of hydrogen-bond acceptors (Lipinski definition) is 4. The Balaban J connectivity index is 2.23.